The second-order valence-electron chi connectivity index (χ2n) is 5.14. The molecule has 0 aliphatic carbocycles. The van der Waals surface area contributed by atoms with Gasteiger partial charge in [0.2, 0.25) is 0 Å². The molecule has 1 aromatic rings. The Balaban J connectivity index is 0.000000372. The normalized spacial score (nSPS) is 13.4. The molecule has 1 aliphatic rings. The molecule has 2 heterocycles. The standard InChI is InChI=1S/C8H8N2O2.2C2H6O2S/c1-3-5-6(8(12)9-3)4(2)10-7(5)11;2*1-5(2,3)4/h9,12H,1-2H3;2*1-2H3. The van der Waals surface area contributed by atoms with Crippen LogP contribution in [0.1, 0.15) is 28.5 Å². The maximum Gasteiger partial charge on any atom is 0.279 e. The lowest BCUT2D eigenvalue weighted by Gasteiger charge is -1.89. The average Bonchev–Trinajstić information content (AvgIpc) is 2.63. The van der Waals surface area contributed by atoms with Crippen LogP contribution in [0.2, 0.25) is 0 Å². The average molecular weight is 352 g/mol. The second kappa shape index (κ2) is 7.05. The van der Waals surface area contributed by atoms with Crippen molar-refractivity contribution in [2.75, 3.05) is 25.0 Å². The summed E-state index contributed by atoms with van der Waals surface area (Å²) in [5, 5.41) is 9.35. The molecule has 0 aromatic carbocycles. The van der Waals surface area contributed by atoms with Gasteiger partial charge >= 0.3 is 0 Å². The maximum absolute atomic E-state index is 11.2. The van der Waals surface area contributed by atoms with Crippen LogP contribution in [0.3, 0.4) is 0 Å². The lowest BCUT2D eigenvalue weighted by molar-refractivity contribution is 0.101. The predicted molar refractivity (Wildman–Crippen MR) is 85.3 cm³/mol. The highest BCUT2D eigenvalue weighted by molar-refractivity contribution is 7.90. The van der Waals surface area contributed by atoms with Gasteiger partial charge in [-0.3, -0.25) is 4.79 Å². The summed E-state index contributed by atoms with van der Waals surface area (Å²) in [5.41, 5.74) is 2.31. The first-order valence-corrected chi connectivity index (χ1v) is 10.5. The number of aromatic amines is 1. The Kier molecular flexibility index (Phi) is 6.51. The van der Waals surface area contributed by atoms with Crippen LogP contribution in [0.5, 0.6) is 5.88 Å². The minimum Gasteiger partial charge on any atom is -0.494 e. The summed E-state index contributed by atoms with van der Waals surface area (Å²) < 4.78 is 38.5. The quantitative estimate of drug-likeness (QED) is 0.690. The number of H-pyrrole nitrogens is 1. The highest BCUT2D eigenvalue weighted by Gasteiger charge is 2.27. The molecule has 1 aliphatic heterocycles. The number of nitrogens with zero attached hydrogens (tertiary/aromatic N) is 1. The molecule has 22 heavy (non-hydrogen) atoms. The number of hydrogen-bond acceptors (Lipinski definition) is 6. The van der Waals surface area contributed by atoms with Gasteiger partial charge in [-0.1, -0.05) is 0 Å². The molecule has 0 atom stereocenters. The third kappa shape index (κ3) is 7.93. The highest BCUT2D eigenvalue weighted by Crippen LogP contribution is 2.29. The van der Waals surface area contributed by atoms with Crippen molar-refractivity contribution in [3.8, 4) is 5.88 Å². The first-order valence-electron chi connectivity index (χ1n) is 5.92. The van der Waals surface area contributed by atoms with E-state index in [4.69, 9.17) is 0 Å². The topological polar surface area (TPSA) is 134 Å². The molecule has 1 amide bonds. The van der Waals surface area contributed by atoms with Crippen molar-refractivity contribution in [1.29, 1.82) is 0 Å². The van der Waals surface area contributed by atoms with Gasteiger partial charge in [0.1, 0.15) is 19.7 Å². The number of fused-ring (bicyclic) bond motifs is 1. The molecule has 1 aromatic heterocycles. The molecule has 0 saturated heterocycles. The number of nitrogens with one attached hydrogen (secondary N) is 1. The predicted octanol–water partition coefficient (Wildman–Crippen LogP) is 0.313. The fourth-order valence-electron chi connectivity index (χ4n) is 1.49. The van der Waals surface area contributed by atoms with Crippen LogP contribution in [0, 0.1) is 6.92 Å². The molecule has 0 spiro atoms. The van der Waals surface area contributed by atoms with Crippen LogP contribution in [0.15, 0.2) is 4.99 Å². The van der Waals surface area contributed by atoms with Gasteiger partial charge in [-0.05, 0) is 13.8 Å². The van der Waals surface area contributed by atoms with Gasteiger partial charge in [-0.15, -0.1) is 0 Å². The summed E-state index contributed by atoms with van der Waals surface area (Å²) in [7, 11) is -5.33. The minimum atomic E-state index is -2.67. The molecule has 2 N–H and O–H groups in total. The maximum atomic E-state index is 11.2. The molecule has 2 rings (SSSR count). The number of amides is 1. The van der Waals surface area contributed by atoms with Gasteiger partial charge in [0.25, 0.3) is 5.91 Å². The molecular weight excluding hydrogens is 332 g/mol. The van der Waals surface area contributed by atoms with Gasteiger partial charge in [0.05, 0.1) is 16.8 Å². The number of aromatic hydroxyl groups is 1. The van der Waals surface area contributed by atoms with Crippen LogP contribution >= 0.6 is 0 Å². The van der Waals surface area contributed by atoms with E-state index in [1.54, 1.807) is 13.8 Å². The number of rotatable bonds is 0. The summed E-state index contributed by atoms with van der Waals surface area (Å²) in [6, 6.07) is 0. The molecule has 0 unspecified atom stereocenters. The van der Waals surface area contributed by atoms with Crippen LogP contribution in [-0.2, 0) is 19.7 Å². The zero-order valence-corrected chi connectivity index (χ0v) is 14.9. The van der Waals surface area contributed by atoms with E-state index in [2.05, 4.69) is 9.98 Å². The lowest BCUT2D eigenvalue weighted by Crippen LogP contribution is -1.90. The fraction of sp³-hybridized carbons (Fsp3) is 0.500. The van der Waals surface area contributed by atoms with Crippen molar-refractivity contribution < 1.29 is 26.7 Å². The van der Waals surface area contributed by atoms with E-state index in [0.717, 1.165) is 25.0 Å². The summed E-state index contributed by atoms with van der Waals surface area (Å²) in [5.74, 6) is -0.230. The number of aryl methyl sites for hydroxylation is 1. The Morgan fingerprint density at radius 2 is 1.27 bits per heavy atom. The van der Waals surface area contributed by atoms with Crippen LogP contribution in [0.25, 0.3) is 0 Å². The number of aromatic nitrogens is 1. The number of aliphatic imine (C=N–C) groups is 1. The van der Waals surface area contributed by atoms with Crippen molar-refractivity contribution in [3.05, 3.63) is 16.8 Å². The van der Waals surface area contributed by atoms with Crippen molar-refractivity contribution in [2.45, 2.75) is 13.8 Å². The summed E-state index contributed by atoms with van der Waals surface area (Å²) in [6.45, 7) is 3.45. The first-order chi connectivity index (χ1) is 9.61. The SMILES string of the molecule is CC1=NC(=O)c2c(C)[nH]c(O)c21.CS(C)(=O)=O.CS(C)(=O)=O. The monoisotopic (exact) mass is 352 g/mol. The molecule has 0 fully saturated rings. The van der Waals surface area contributed by atoms with Gasteiger partial charge in [0.15, 0.2) is 5.88 Å². The number of carbonyl (C=O) groups excluding carboxylic acids is 1. The van der Waals surface area contributed by atoms with Crippen molar-refractivity contribution in [3.63, 3.8) is 0 Å². The number of sulfone groups is 2. The van der Waals surface area contributed by atoms with E-state index in [0.29, 0.717) is 22.5 Å². The van der Waals surface area contributed by atoms with Crippen LogP contribution in [-0.4, -0.2) is 63.6 Å². The third-order valence-electron chi connectivity index (χ3n) is 2.01. The fourth-order valence-corrected chi connectivity index (χ4v) is 1.49. The highest BCUT2D eigenvalue weighted by atomic mass is 32.2. The van der Waals surface area contributed by atoms with Gasteiger partial charge in [-0.2, -0.15) is 0 Å². The van der Waals surface area contributed by atoms with Crippen LogP contribution < -0.4 is 0 Å². The molecule has 0 bridgehead atoms. The molecule has 10 heteroatoms. The minimum absolute atomic E-state index is 0.0367. The zero-order chi connectivity index (χ0) is 17.9. The van der Waals surface area contributed by atoms with Gasteiger partial charge < -0.3 is 10.1 Å². The lowest BCUT2D eigenvalue weighted by atomic mass is 10.1. The Hall–Kier alpha value is -1.68. The van der Waals surface area contributed by atoms with E-state index in [1.165, 1.54) is 0 Å². The van der Waals surface area contributed by atoms with Gasteiger partial charge in [-0.25, -0.2) is 21.8 Å². The molecular formula is C12H20N2O6S2. The van der Waals surface area contributed by atoms with Crippen molar-refractivity contribution in [1.82, 2.24) is 4.98 Å². The Morgan fingerprint density at radius 1 is 0.909 bits per heavy atom. The van der Waals surface area contributed by atoms with Gasteiger partial charge in [0, 0.05) is 30.7 Å². The second-order valence-corrected chi connectivity index (χ2v) is 9.71. The smallest absolute Gasteiger partial charge is 0.279 e. The summed E-state index contributed by atoms with van der Waals surface area (Å²) >= 11 is 0. The van der Waals surface area contributed by atoms with Crippen LogP contribution in [0.4, 0.5) is 0 Å². The largest absolute Gasteiger partial charge is 0.494 e. The van der Waals surface area contributed by atoms with E-state index in [1.807, 2.05) is 0 Å². The Labute approximate surface area is 130 Å². The Bertz CT molecular complexity index is 755. The van der Waals surface area contributed by atoms with Crippen molar-refractivity contribution in [2.24, 2.45) is 4.99 Å². The van der Waals surface area contributed by atoms with Crippen molar-refractivity contribution >= 4 is 31.3 Å². The summed E-state index contributed by atoms with van der Waals surface area (Å²) in [6.07, 6.45) is 4.64. The molecule has 0 radical (unpaired) electrons. The van der Waals surface area contributed by atoms with E-state index in [9.17, 15) is 26.7 Å². The third-order valence-corrected chi connectivity index (χ3v) is 2.01. The first kappa shape index (κ1) is 20.3. The molecule has 0 saturated carbocycles. The number of carbonyl (C=O) groups is 1. The van der Waals surface area contributed by atoms with E-state index >= 15 is 0 Å². The Morgan fingerprint density at radius 3 is 1.59 bits per heavy atom. The summed E-state index contributed by atoms with van der Waals surface area (Å²) in [4.78, 5) is 17.6. The zero-order valence-electron chi connectivity index (χ0n) is 13.3. The van der Waals surface area contributed by atoms with E-state index in [-0.39, 0.29) is 11.8 Å². The molecule has 126 valence electrons. The number of hydrogen-bond donors (Lipinski definition) is 2. The molecule has 8 nitrogen and oxygen atoms in total. The van der Waals surface area contributed by atoms with E-state index < -0.39 is 19.7 Å².